The molecule has 4 aromatic carbocycles. The molecule has 8 nitrogen and oxygen atoms in total. The molecule has 0 bridgehead atoms. The fourth-order valence-corrected chi connectivity index (χ4v) is 6.08. The number of aryl methyl sites for hydroxylation is 1. The summed E-state index contributed by atoms with van der Waals surface area (Å²) >= 11 is 0. The number of hydrogen-bond donors (Lipinski definition) is 2. The number of carbonyl (C=O) groups is 2. The van der Waals surface area contributed by atoms with Gasteiger partial charge in [0.05, 0.1) is 23.4 Å². The Labute approximate surface area is 333 Å². The summed E-state index contributed by atoms with van der Waals surface area (Å²) in [4.78, 5) is 30.4. The van der Waals surface area contributed by atoms with E-state index >= 15 is 4.39 Å². The zero-order chi connectivity index (χ0) is 38.2. The van der Waals surface area contributed by atoms with Crippen LogP contribution in [0.1, 0.15) is 79.8 Å². The molecule has 2 heterocycles. The fraction of sp³-hybridized carbons (Fsp3) is 0.310. The Morgan fingerprint density at radius 2 is 1.70 bits per heavy atom. The summed E-state index contributed by atoms with van der Waals surface area (Å²) in [5, 5.41) is 21.3. The van der Waals surface area contributed by atoms with Gasteiger partial charge in [-0.3, -0.25) is 21.7 Å². The van der Waals surface area contributed by atoms with E-state index in [9.17, 15) is 14.0 Å². The molecule has 3 N–H and O–H groups in total. The number of nitrogens with one attached hydrogen (secondary N) is 1. The molecule has 6 rings (SSSR count). The second kappa shape index (κ2) is 22.4. The van der Waals surface area contributed by atoms with Crippen molar-refractivity contribution in [2.24, 2.45) is 11.7 Å². The maximum Gasteiger partial charge on any atom is 1.00 e. The molecule has 0 saturated carbocycles. The van der Waals surface area contributed by atoms with Gasteiger partial charge in [0.1, 0.15) is 11.6 Å². The van der Waals surface area contributed by atoms with Crippen LogP contribution in [0.3, 0.4) is 0 Å². The first kappa shape index (κ1) is 44.5. The summed E-state index contributed by atoms with van der Waals surface area (Å²) in [5.74, 6) is -0.714. The largest absolute Gasteiger partial charge is 1.00 e. The number of nitrogens with two attached hydrogens (primary N) is 1. The quantitative estimate of drug-likeness (QED) is 0.101. The van der Waals surface area contributed by atoms with Gasteiger partial charge in [0.2, 0.25) is 11.8 Å². The van der Waals surface area contributed by atoms with Gasteiger partial charge in [-0.2, -0.15) is 10.5 Å². The number of benzene rings is 4. The summed E-state index contributed by atoms with van der Waals surface area (Å²) in [5.41, 5.74) is 11.9. The number of halogens is 2. The maximum absolute atomic E-state index is 15.2. The van der Waals surface area contributed by atoms with Gasteiger partial charge in [-0.05, 0) is 80.8 Å². The van der Waals surface area contributed by atoms with Gasteiger partial charge in [-0.1, -0.05) is 37.3 Å². The van der Waals surface area contributed by atoms with Crippen molar-refractivity contribution in [3.8, 4) is 12.1 Å². The average Bonchev–Trinajstić information content (AvgIpc) is 3.16. The average molecular weight is 727 g/mol. The first-order valence-corrected chi connectivity index (χ1v) is 17.0. The number of amides is 2. The van der Waals surface area contributed by atoms with Crippen molar-refractivity contribution in [2.45, 2.75) is 65.3 Å². The third-order valence-electron chi connectivity index (χ3n) is 9.13. The van der Waals surface area contributed by atoms with E-state index in [0.29, 0.717) is 55.6 Å². The first-order valence-electron chi connectivity index (χ1n) is 17.0. The Bertz CT molecular complexity index is 1970. The van der Waals surface area contributed by atoms with E-state index in [1.165, 1.54) is 6.07 Å². The van der Waals surface area contributed by atoms with Gasteiger partial charge >= 0.3 is 29.6 Å². The Hall–Kier alpha value is -4.71. The molecule has 1 atom stereocenters. The maximum atomic E-state index is 15.2. The van der Waals surface area contributed by atoms with Gasteiger partial charge in [-0.25, -0.2) is 8.78 Å². The van der Waals surface area contributed by atoms with Crippen molar-refractivity contribution in [2.75, 3.05) is 18.0 Å². The van der Waals surface area contributed by atoms with E-state index < -0.39 is 0 Å². The SMILES string of the molecule is C/C=C(\C)C#N.Cc1cccc2c(Cc3ccc(C(N)C4CCN(c5ccc(C#N)cc5F)CC4)cc3F)cc[c-]c12.O=C1CCCC(=O)N1.[CH-]=O.[Na+]. The number of imide groups is 1. The number of piperidine rings is 2. The molecule has 4 aromatic rings. The van der Waals surface area contributed by atoms with E-state index in [2.05, 4.69) is 37.2 Å². The molecule has 2 aliphatic heterocycles. The van der Waals surface area contributed by atoms with Gasteiger partial charge < -0.3 is 15.4 Å². The summed E-state index contributed by atoms with van der Waals surface area (Å²) < 4.78 is 29.6. The zero-order valence-electron chi connectivity index (χ0n) is 30.7. The van der Waals surface area contributed by atoms with Crippen LogP contribution in [0.25, 0.3) is 10.8 Å². The van der Waals surface area contributed by atoms with Crippen LogP contribution < -0.4 is 45.5 Å². The molecule has 11 heteroatoms. The van der Waals surface area contributed by atoms with Gasteiger partial charge in [0.25, 0.3) is 0 Å². The molecule has 2 aliphatic rings. The van der Waals surface area contributed by atoms with Crippen molar-refractivity contribution in [1.82, 2.24) is 5.32 Å². The first-order chi connectivity index (χ1) is 25.0. The Morgan fingerprint density at radius 1 is 1.02 bits per heavy atom. The molecule has 0 aromatic heterocycles. The van der Waals surface area contributed by atoms with Crippen molar-refractivity contribution >= 4 is 35.1 Å². The second-order valence-corrected chi connectivity index (χ2v) is 12.6. The summed E-state index contributed by atoms with van der Waals surface area (Å²) in [6.45, 7) is 10.3. The normalized spacial score (nSPS) is 14.6. The van der Waals surface area contributed by atoms with Crippen LogP contribution in [0.5, 0.6) is 0 Å². The zero-order valence-corrected chi connectivity index (χ0v) is 32.7. The standard InChI is InChI=1S/C31H28F2N3.C5H7NO2.C5H7N.CHO.Na/c1-20-4-2-7-27-23(5-3-6-26(20)27)17-24-9-10-25(18-28(24)32)31(35)22-12-14-36(15-13-22)30-11-8-21(19-34)16-29(30)33;7-4-2-1-3-5(8)6-4;1-3-5(2)4-6;1-2;/h2-5,7-11,16,18,22,31H,12-15,17,35H2,1H3;1-3H2,(H,6,7,8);3H,1-2H3;1H;/q-1;;;-1;+1/b;;5-3+;;. The van der Waals surface area contributed by atoms with E-state index in [1.54, 1.807) is 31.2 Å². The van der Waals surface area contributed by atoms with Crippen LogP contribution in [-0.4, -0.2) is 31.7 Å². The van der Waals surface area contributed by atoms with Crippen LogP contribution in [0.4, 0.5) is 14.5 Å². The topological polar surface area (TPSA) is 140 Å². The number of allylic oxidation sites excluding steroid dienone is 2. The molecular weight excluding hydrogens is 683 g/mol. The Kier molecular flexibility index (Phi) is 18.8. The molecule has 270 valence electrons. The van der Waals surface area contributed by atoms with E-state index in [0.717, 1.165) is 45.9 Å². The Balaban J connectivity index is 0.000000478. The molecule has 0 radical (unpaired) electrons. The fourth-order valence-electron chi connectivity index (χ4n) is 6.08. The van der Waals surface area contributed by atoms with Gasteiger partial charge in [0.15, 0.2) is 0 Å². The summed E-state index contributed by atoms with van der Waals surface area (Å²) in [7, 11) is 0. The van der Waals surface area contributed by atoms with Crippen LogP contribution in [0, 0.1) is 53.2 Å². The molecule has 2 fully saturated rings. The number of nitrogens with zero attached hydrogens (tertiary/aromatic N) is 3. The van der Waals surface area contributed by atoms with E-state index in [1.807, 2.05) is 54.3 Å². The molecule has 0 aliphatic carbocycles. The van der Waals surface area contributed by atoms with Crippen molar-refractivity contribution in [3.05, 3.63) is 124 Å². The minimum absolute atomic E-state index is 0. The summed E-state index contributed by atoms with van der Waals surface area (Å²) in [6.07, 6.45) is 5.58. The van der Waals surface area contributed by atoms with Crippen molar-refractivity contribution in [1.29, 1.82) is 10.5 Å². The molecule has 2 saturated heterocycles. The van der Waals surface area contributed by atoms with Crippen LogP contribution in [-0.2, 0) is 20.8 Å². The number of nitriles is 2. The van der Waals surface area contributed by atoms with Crippen molar-refractivity contribution in [3.63, 3.8) is 0 Å². The van der Waals surface area contributed by atoms with E-state index in [-0.39, 0.29) is 65.0 Å². The predicted molar refractivity (Wildman–Crippen MR) is 199 cm³/mol. The van der Waals surface area contributed by atoms with Crippen molar-refractivity contribution < 1.29 is 52.7 Å². The molecule has 0 spiro atoms. The van der Waals surface area contributed by atoms with E-state index in [4.69, 9.17) is 21.1 Å². The minimum atomic E-state index is -0.381. The van der Waals surface area contributed by atoms with Gasteiger partial charge in [0, 0.05) is 37.5 Å². The molecule has 1 unspecified atom stereocenters. The number of anilines is 1. The summed E-state index contributed by atoms with van der Waals surface area (Å²) in [6, 6.07) is 27.0. The number of rotatable bonds is 5. The smallest absolute Gasteiger partial charge is 0.545 e. The molecule has 53 heavy (non-hydrogen) atoms. The monoisotopic (exact) mass is 726 g/mol. The molecular formula is C42H43F2N5NaO3-. The number of carbonyl (C=O) groups excluding carboxylic acids is 3. The third kappa shape index (κ3) is 12.7. The second-order valence-electron chi connectivity index (χ2n) is 12.6. The Morgan fingerprint density at radius 3 is 2.23 bits per heavy atom. The van der Waals surface area contributed by atoms with Crippen LogP contribution in [0.15, 0.2) is 78.4 Å². The third-order valence-corrected chi connectivity index (χ3v) is 9.13. The molecule has 2 amide bonds. The van der Waals surface area contributed by atoms with Crippen LogP contribution in [0.2, 0.25) is 0 Å². The predicted octanol–water partition coefficient (Wildman–Crippen LogP) is 4.62. The van der Waals surface area contributed by atoms with Gasteiger partial charge in [-0.15, -0.1) is 46.2 Å². The number of fused-ring (bicyclic) bond motifs is 1. The minimum Gasteiger partial charge on any atom is -0.545 e. The van der Waals surface area contributed by atoms with Crippen LogP contribution >= 0.6 is 0 Å². The number of hydrogen-bond acceptors (Lipinski definition) is 7.